The number of hydrogen-bond acceptors (Lipinski definition) is 6. The van der Waals surface area contributed by atoms with Crippen molar-refractivity contribution >= 4 is 18.5 Å². The molecule has 0 fully saturated rings. The lowest BCUT2D eigenvalue weighted by molar-refractivity contribution is -0.123. The van der Waals surface area contributed by atoms with Crippen LogP contribution in [0.1, 0.15) is 12.8 Å². The molecule has 0 saturated carbocycles. The van der Waals surface area contributed by atoms with Gasteiger partial charge in [-0.3, -0.25) is 4.79 Å². The average Bonchev–Trinajstić information content (AvgIpc) is 2.85. The number of amides is 1. The SMILES string of the molecule is C=CCOC1(CC(N)C(=O)NCCCO)C=NC=N1. The van der Waals surface area contributed by atoms with Gasteiger partial charge in [0.1, 0.15) is 6.34 Å². The van der Waals surface area contributed by atoms with Gasteiger partial charge < -0.3 is 20.9 Å². The van der Waals surface area contributed by atoms with Crippen molar-refractivity contribution in [1.29, 1.82) is 0 Å². The number of aliphatic hydroxyl groups is 1. The lowest BCUT2D eigenvalue weighted by atomic mass is 10.0. The third-order valence-electron chi connectivity index (χ3n) is 2.55. The Kier molecular flexibility index (Phi) is 6.34. The monoisotopic (exact) mass is 268 g/mol. The second-order valence-electron chi connectivity index (χ2n) is 4.15. The molecule has 0 aromatic heterocycles. The molecule has 2 unspecified atom stereocenters. The van der Waals surface area contributed by atoms with Gasteiger partial charge in [-0.2, -0.15) is 0 Å². The number of nitrogens with one attached hydrogen (secondary N) is 1. The van der Waals surface area contributed by atoms with Crippen molar-refractivity contribution < 1.29 is 14.6 Å². The van der Waals surface area contributed by atoms with E-state index in [2.05, 4.69) is 21.9 Å². The molecule has 1 rings (SSSR count). The van der Waals surface area contributed by atoms with Crippen LogP contribution < -0.4 is 11.1 Å². The van der Waals surface area contributed by atoms with Crippen molar-refractivity contribution in [2.24, 2.45) is 15.7 Å². The van der Waals surface area contributed by atoms with Gasteiger partial charge in [-0.15, -0.1) is 6.58 Å². The molecule has 106 valence electrons. The lowest BCUT2D eigenvalue weighted by Crippen LogP contribution is -2.47. The summed E-state index contributed by atoms with van der Waals surface area (Å²) in [5.74, 6) is -0.300. The van der Waals surface area contributed by atoms with Gasteiger partial charge >= 0.3 is 0 Å². The highest BCUT2D eigenvalue weighted by Gasteiger charge is 2.34. The fraction of sp³-hybridized carbons (Fsp3) is 0.583. The van der Waals surface area contributed by atoms with Crippen molar-refractivity contribution in [3.63, 3.8) is 0 Å². The molecule has 1 aliphatic rings. The minimum Gasteiger partial charge on any atom is -0.396 e. The van der Waals surface area contributed by atoms with Gasteiger partial charge in [0.2, 0.25) is 5.91 Å². The van der Waals surface area contributed by atoms with Crippen LogP contribution in [0.3, 0.4) is 0 Å². The van der Waals surface area contributed by atoms with Crippen LogP contribution in [0.25, 0.3) is 0 Å². The zero-order valence-electron chi connectivity index (χ0n) is 10.8. The molecule has 0 bridgehead atoms. The first-order chi connectivity index (χ1) is 9.13. The Balaban J connectivity index is 2.50. The fourth-order valence-electron chi connectivity index (χ4n) is 1.59. The number of rotatable bonds is 9. The molecule has 1 heterocycles. The first-order valence-corrected chi connectivity index (χ1v) is 6.10. The molecule has 0 aliphatic carbocycles. The molecule has 1 amide bonds. The zero-order chi connectivity index (χ0) is 14.1. The normalized spacial score (nSPS) is 22.4. The number of hydrogen-bond donors (Lipinski definition) is 3. The number of aliphatic hydroxyl groups excluding tert-OH is 1. The molecule has 0 radical (unpaired) electrons. The highest BCUT2D eigenvalue weighted by atomic mass is 16.5. The van der Waals surface area contributed by atoms with Crippen molar-refractivity contribution in [2.75, 3.05) is 19.8 Å². The highest BCUT2D eigenvalue weighted by Crippen LogP contribution is 2.20. The van der Waals surface area contributed by atoms with Crippen molar-refractivity contribution in [2.45, 2.75) is 24.6 Å². The molecular weight excluding hydrogens is 248 g/mol. The van der Waals surface area contributed by atoms with Crippen molar-refractivity contribution in [1.82, 2.24) is 5.32 Å². The second kappa shape index (κ2) is 7.78. The van der Waals surface area contributed by atoms with Crippen molar-refractivity contribution in [3.8, 4) is 0 Å². The summed E-state index contributed by atoms with van der Waals surface area (Å²) >= 11 is 0. The number of carbonyl (C=O) groups excluding carboxylic acids is 1. The predicted molar refractivity (Wildman–Crippen MR) is 73.2 cm³/mol. The molecule has 7 nitrogen and oxygen atoms in total. The molecule has 1 aliphatic heterocycles. The number of aliphatic imine (C=N–C) groups is 2. The molecule has 0 saturated heterocycles. The summed E-state index contributed by atoms with van der Waals surface area (Å²) in [6, 6.07) is -0.759. The molecule has 4 N–H and O–H groups in total. The fourth-order valence-corrected chi connectivity index (χ4v) is 1.59. The third kappa shape index (κ3) is 4.90. The van der Waals surface area contributed by atoms with Gasteiger partial charge in [0.05, 0.1) is 18.9 Å². The maximum Gasteiger partial charge on any atom is 0.237 e. The maximum absolute atomic E-state index is 11.7. The lowest BCUT2D eigenvalue weighted by Gasteiger charge is -2.25. The Morgan fingerprint density at radius 2 is 2.47 bits per heavy atom. The van der Waals surface area contributed by atoms with Crippen LogP contribution >= 0.6 is 0 Å². The first-order valence-electron chi connectivity index (χ1n) is 6.10. The first kappa shape index (κ1) is 15.5. The van der Waals surface area contributed by atoms with Crippen LogP contribution in [-0.4, -0.2) is 55.1 Å². The summed E-state index contributed by atoms with van der Waals surface area (Å²) in [6.45, 7) is 4.27. The summed E-state index contributed by atoms with van der Waals surface area (Å²) < 4.78 is 5.52. The van der Waals surface area contributed by atoms with Gasteiger partial charge in [0, 0.05) is 19.6 Å². The van der Waals surface area contributed by atoms with E-state index < -0.39 is 11.8 Å². The Hall–Kier alpha value is -1.57. The molecule has 7 heteroatoms. The summed E-state index contributed by atoms with van der Waals surface area (Å²) in [5, 5.41) is 11.3. The number of nitrogens with zero attached hydrogens (tertiary/aromatic N) is 2. The van der Waals surface area contributed by atoms with Crippen LogP contribution in [0.5, 0.6) is 0 Å². The molecular formula is C12H20N4O3. The van der Waals surface area contributed by atoms with E-state index >= 15 is 0 Å². The molecule has 19 heavy (non-hydrogen) atoms. The predicted octanol–water partition coefficient (Wildman–Crippen LogP) is -0.786. The highest BCUT2D eigenvalue weighted by molar-refractivity contribution is 5.87. The van der Waals surface area contributed by atoms with Gasteiger partial charge in [-0.05, 0) is 6.42 Å². The van der Waals surface area contributed by atoms with Crippen molar-refractivity contribution in [3.05, 3.63) is 12.7 Å². The Bertz CT molecular complexity index is 356. The van der Waals surface area contributed by atoms with E-state index in [1.807, 2.05) is 0 Å². The topological polar surface area (TPSA) is 109 Å². The molecule has 0 aromatic rings. The Morgan fingerprint density at radius 3 is 3.05 bits per heavy atom. The quantitative estimate of drug-likeness (QED) is 0.376. The molecule has 0 aromatic carbocycles. The van der Waals surface area contributed by atoms with Gasteiger partial charge in [-0.1, -0.05) is 6.08 Å². The van der Waals surface area contributed by atoms with E-state index in [0.717, 1.165) is 0 Å². The van der Waals surface area contributed by atoms with E-state index in [1.165, 1.54) is 12.6 Å². The van der Waals surface area contributed by atoms with E-state index in [-0.39, 0.29) is 18.9 Å². The number of carbonyl (C=O) groups is 1. The number of ether oxygens (including phenoxy) is 1. The maximum atomic E-state index is 11.7. The molecule has 2 atom stereocenters. The van der Waals surface area contributed by atoms with E-state index in [4.69, 9.17) is 15.6 Å². The molecule has 0 spiro atoms. The van der Waals surface area contributed by atoms with Gasteiger partial charge in [-0.25, -0.2) is 9.98 Å². The Labute approximate surface area is 112 Å². The standard InChI is InChI=1S/C12H20N4O3/c1-2-6-19-12(8-14-9-16-12)7-10(13)11(18)15-4-3-5-17/h2,8-10,17H,1,3-7,13H2,(H,15,18). The summed E-state index contributed by atoms with van der Waals surface area (Å²) in [6.07, 6.45) is 5.19. The van der Waals surface area contributed by atoms with E-state index in [1.54, 1.807) is 6.08 Å². The zero-order valence-corrected chi connectivity index (χ0v) is 10.8. The van der Waals surface area contributed by atoms with E-state index in [9.17, 15) is 4.79 Å². The van der Waals surface area contributed by atoms with E-state index in [0.29, 0.717) is 19.6 Å². The van der Waals surface area contributed by atoms with Crippen LogP contribution in [0, 0.1) is 0 Å². The number of nitrogens with two attached hydrogens (primary N) is 1. The van der Waals surface area contributed by atoms with Crippen LogP contribution in [-0.2, 0) is 9.53 Å². The summed E-state index contributed by atoms with van der Waals surface area (Å²) in [4.78, 5) is 19.7. The third-order valence-corrected chi connectivity index (χ3v) is 2.55. The van der Waals surface area contributed by atoms with Crippen LogP contribution in [0.2, 0.25) is 0 Å². The summed E-state index contributed by atoms with van der Waals surface area (Å²) in [5.41, 5.74) is 4.84. The largest absolute Gasteiger partial charge is 0.396 e. The minimum absolute atomic E-state index is 0.0266. The second-order valence-corrected chi connectivity index (χ2v) is 4.15. The summed E-state index contributed by atoms with van der Waals surface area (Å²) in [7, 11) is 0. The van der Waals surface area contributed by atoms with Gasteiger partial charge in [0.25, 0.3) is 0 Å². The average molecular weight is 268 g/mol. The van der Waals surface area contributed by atoms with Crippen LogP contribution in [0.4, 0.5) is 0 Å². The van der Waals surface area contributed by atoms with Gasteiger partial charge in [0.15, 0.2) is 5.72 Å². The smallest absolute Gasteiger partial charge is 0.237 e. The Morgan fingerprint density at radius 1 is 1.68 bits per heavy atom. The minimum atomic E-state index is -0.984. The van der Waals surface area contributed by atoms with Crippen LogP contribution in [0.15, 0.2) is 22.6 Å².